The number of halogens is 2. The maximum absolute atomic E-state index is 12.5. The number of hydrogen-bond acceptors (Lipinski definition) is 3. The lowest BCUT2D eigenvalue weighted by Crippen LogP contribution is -2.29. The van der Waals surface area contributed by atoms with Crippen LogP contribution in [0.25, 0.3) is 0 Å². The topological polar surface area (TPSA) is 66.5 Å². The van der Waals surface area contributed by atoms with E-state index in [-0.39, 0.29) is 12.5 Å². The van der Waals surface area contributed by atoms with E-state index >= 15 is 0 Å². The Morgan fingerprint density at radius 1 is 0.933 bits per heavy atom. The summed E-state index contributed by atoms with van der Waals surface area (Å²) in [7, 11) is -3.51. The van der Waals surface area contributed by atoms with Gasteiger partial charge in [-0.15, -0.1) is 0 Å². The van der Waals surface area contributed by atoms with Crippen molar-refractivity contribution in [2.24, 2.45) is 0 Å². The van der Waals surface area contributed by atoms with E-state index in [1.165, 1.54) is 4.31 Å². The Morgan fingerprint density at radius 2 is 1.57 bits per heavy atom. The van der Waals surface area contributed by atoms with E-state index in [9.17, 15) is 13.2 Å². The number of nitrogens with one attached hydrogen (secondary N) is 1. The van der Waals surface area contributed by atoms with Gasteiger partial charge in [0, 0.05) is 11.3 Å². The first-order chi connectivity index (χ1) is 14.1. The molecule has 3 aromatic rings. The molecule has 1 amide bonds. The van der Waals surface area contributed by atoms with Crippen molar-refractivity contribution in [2.75, 3.05) is 15.9 Å². The van der Waals surface area contributed by atoms with Crippen LogP contribution in [0.3, 0.4) is 0 Å². The monoisotopic (exact) mass is 462 g/mol. The van der Waals surface area contributed by atoms with Crippen molar-refractivity contribution >= 4 is 50.5 Å². The van der Waals surface area contributed by atoms with Crippen LogP contribution in [0.2, 0.25) is 10.0 Å². The van der Waals surface area contributed by atoms with Crippen molar-refractivity contribution in [1.29, 1.82) is 0 Å². The molecule has 8 heteroatoms. The van der Waals surface area contributed by atoms with E-state index in [0.29, 0.717) is 27.0 Å². The second-order valence-corrected chi connectivity index (χ2v) is 9.61. The first kappa shape index (κ1) is 22.2. The van der Waals surface area contributed by atoms with Crippen LogP contribution in [0.5, 0.6) is 0 Å². The fourth-order valence-corrected chi connectivity index (χ4v) is 4.00. The van der Waals surface area contributed by atoms with E-state index < -0.39 is 10.0 Å². The number of carbonyl (C=O) groups excluding carboxylic acids is 1. The molecule has 0 fully saturated rings. The minimum Gasteiger partial charge on any atom is -0.322 e. The van der Waals surface area contributed by atoms with Crippen LogP contribution in [0.15, 0.2) is 66.7 Å². The third-order valence-corrected chi connectivity index (χ3v) is 6.32. The van der Waals surface area contributed by atoms with Gasteiger partial charge in [-0.05, 0) is 55.0 Å². The highest BCUT2D eigenvalue weighted by Crippen LogP contribution is 2.26. The van der Waals surface area contributed by atoms with Gasteiger partial charge in [-0.1, -0.05) is 53.0 Å². The molecule has 0 saturated heterocycles. The molecule has 0 radical (unpaired) electrons. The average Bonchev–Trinajstić information content (AvgIpc) is 2.69. The van der Waals surface area contributed by atoms with Gasteiger partial charge in [0.2, 0.25) is 10.0 Å². The number of aryl methyl sites for hydroxylation is 1. The second-order valence-electron chi connectivity index (χ2n) is 6.89. The summed E-state index contributed by atoms with van der Waals surface area (Å²) in [5.74, 6) is -0.343. The maximum Gasteiger partial charge on any atom is 0.255 e. The first-order valence-corrected chi connectivity index (χ1v) is 11.6. The third-order valence-electron chi connectivity index (χ3n) is 4.44. The number of anilines is 2. The van der Waals surface area contributed by atoms with Crippen molar-refractivity contribution in [3.05, 3.63) is 93.5 Å². The first-order valence-electron chi connectivity index (χ1n) is 9.03. The van der Waals surface area contributed by atoms with E-state index in [2.05, 4.69) is 5.32 Å². The molecule has 3 aromatic carbocycles. The number of amides is 1. The van der Waals surface area contributed by atoms with Crippen molar-refractivity contribution in [3.63, 3.8) is 0 Å². The zero-order valence-electron chi connectivity index (χ0n) is 16.4. The van der Waals surface area contributed by atoms with Crippen molar-refractivity contribution in [2.45, 2.75) is 13.5 Å². The van der Waals surface area contributed by atoms with E-state index in [0.717, 1.165) is 17.4 Å². The molecular weight excluding hydrogens is 443 g/mol. The molecule has 156 valence electrons. The van der Waals surface area contributed by atoms with Gasteiger partial charge in [-0.3, -0.25) is 9.10 Å². The zero-order chi connectivity index (χ0) is 21.9. The summed E-state index contributed by atoms with van der Waals surface area (Å²) in [6.07, 6.45) is 1.16. The Morgan fingerprint density at radius 3 is 2.13 bits per heavy atom. The molecule has 30 heavy (non-hydrogen) atoms. The number of rotatable bonds is 6. The van der Waals surface area contributed by atoms with E-state index in [4.69, 9.17) is 23.2 Å². The average molecular weight is 463 g/mol. The van der Waals surface area contributed by atoms with Crippen molar-refractivity contribution < 1.29 is 13.2 Å². The lowest BCUT2D eigenvalue weighted by Gasteiger charge is -2.23. The summed E-state index contributed by atoms with van der Waals surface area (Å²) >= 11 is 11.9. The van der Waals surface area contributed by atoms with Gasteiger partial charge < -0.3 is 5.32 Å². The van der Waals surface area contributed by atoms with Crippen LogP contribution in [-0.4, -0.2) is 20.6 Å². The Bertz CT molecular complexity index is 1160. The predicted molar refractivity (Wildman–Crippen MR) is 123 cm³/mol. The summed E-state index contributed by atoms with van der Waals surface area (Å²) in [4.78, 5) is 12.5. The molecule has 0 aromatic heterocycles. The van der Waals surface area contributed by atoms with Gasteiger partial charge in [0.1, 0.15) is 0 Å². The fourth-order valence-electron chi connectivity index (χ4n) is 2.82. The Hall–Kier alpha value is -2.54. The fraction of sp³-hybridized carbons (Fsp3) is 0.136. The van der Waals surface area contributed by atoms with E-state index in [1.807, 2.05) is 31.2 Å². The van der Waals surface area contributed by atoms with Crippen LogP contribution >= 0.6 is 23.2 Å². The number of sulfonamides is 1. The summed E-state index contributed by atoms with van der Waals surface area (Å²) in [5.41, 5.74) is 3.34. The highest BCUT2D eigenvalue weighted by atomic mass is 35.5. The molecule has 0 aliphatic carbocycles. The van der Waals surface area contributed by atoms with Gasteiger partial charge in [-0.2, -0.15) is 0 Å². The minimum atomic E-state index is -3.51. The van der Waals surface area contributed by atoms with Crippen LogP contribution in [0.4, 0.5) is 11.4 Å². The predicted octanol–water partition coefficient (Wildman–Crippen LogP) is 5.52. The third kappa shape index (κ3) is 5.53. The molecule has 0 atom stereocenters. The molecule has 0 unspecified atom stereocenters. The maximum atomic E-state index is 12.5. The highest BCUT2D eigenvalue weighted by Gasteiger charge is 2.18. The van der Waals surface area contributed by atoms with E-state index in [1.54, 1.807) is 42.5 Å². The molecule has 0 heterocycles. The number of carbonyl (C=O) groups is 1. The summed E-state index contributed by atoms with van der Waals surface area (Å²) in [6, 6.07) is 18.8. The smallest absolute Gasteiger partial charge is 0.255 e. The number of nitrogens with zero attached hydrogens (tertiary/aromatic N) is 1. The molecule has 5 nitrogen and oxygen atoms in total. The van der Waals surface area contributed by atoms with Gasteiger partial charge in [0.15, 0.2) is 0 Å². The molecule has 0 bridgehead atoms. The van der Waals surface area contributed by atoms with Gasteiger partial charge in [0.25, 0.3) is 5.91 Å². The molecule has 0 aliphatic rings. The number of hydrogen-bond donors (Lipinski definition) is 1. The second kappa shape index (κ2) is 9.08. The standard InChI is InChI=1S/C22H20Cl2N2O3S/c1-15-3-5-16(6-4-15)14-26(30(2,28)29)19-10-7-17(8-11-19)22(27)25-18-9-12-20(23)21(24)13-18/h3-13H,14H2,1-2H3,(H,25,27). The van der Waals surface area contributed by atoms with Crippen molar-refractivity contribution in [3.8, 4) is 0 Å². The van der Waals surface area contributed by atoms with Crippen LogP contribution in [-0.2, 0) is 16.6 Å². The van der Waals surface area contributed by atoms with Gasteiger partial charge in [0.05, 0.1) is 28.5 Å². The lowest BCUT2D eigenvalue weighted by molar-refractivity contribution is 0.102. The Kier molecular flexibility index (Phi) is 6.71. The van der Waals surface area contributed by atoms with Crippen LogP contribution in [0, 0.1) is 6.92 Å². The summed E-state index contributed by atoms with van der Waals surface area (Å²) in [5, 5.41) is 3.47. The Labute approximate surface area is 186 Å². The lowest BCUT2D eigenvalue weighted by atomic mass is 10.1. The molecule has 3 rings (SSSR count). The molecular formula is C22H20Cl2N2O3S. The normalized spacial score (nSPS) is 11.2. The largest absolute Gasteiger partial charge is 0.322 e. The summed E-state index contributed by atoms with van der Waals surface area (Å²) in [6.45, 7) is 2.17. The summed E-state index contributed by atoms with van der Waals surface area (Å²) < 4.78 is 26.0. The highest BCUT2D eigenvalue weighted by molar-refractivity contribution is 7.92. The molecule has 1 N–H and O–H groups in total. The molecule has 0 aliphatic heterocycles. The Balaban J connectivity index is 1.79. The van der Waals surface area contributed by atoms with Crippen LogP contribution < -0.4 is 9.62 Å². The molecule has 0 saturated carbocycles. The number of benzene rings is 3. The minimum absolute atomic E-state index is 0.202. The van der Waals surface area contributed by atoms with Crippen LogP contribution in [0.1, 0.15) is 21.5 Å². The van der Waals surface area contributed by atoms with Gasteiger partial charge >= 0.3 is 0 Å². The van der Waals surface area contributed by atoms with Gasteiger partial charge in [-0.25, -0.2) is 8.42 Å². The molecule has 0 spiro atoms. The van der Waals surface area contributed by atoms with Crippen molar-refractivity contribution in [1.82, 2.24) is 0 Å². The SMILES string of the molecule is Cc1ccc(CN(c2ccc(C(=O)Nc3ccc(Cl)c(Cl)c3)cc2)S(C)(=O)=O)cc1. The zero-order valence-corrected chi connectivity index (χ0v) is 18.7. The quantitative estimate of drug-likeness (QED) is 0.524.